The Bertz CT molecular complexity index is 1110. The summed E-state index contributed by atoms with van der Waals surface area (Å²) in [6.45, 7) is 1.23. The van der Waals surface area contributed by atoms with Crippen LogP contribution in [0.1, 0.15) is 42.2 Å². The van der Waals surface area contributed by atoms with Crippen LogP contribution in [-0.4, -0.2) is 36.2 Å². The molecule has 1 aromatic heterocycles. The predicted molar refractivity (Wildman–Crippen MR) is 124 cm³/mol. The molecule has 1 N–H and O–H groups in total. The molecule has 1 aliphatic carbocycles. The zero-order valence-corrected chi connectivity index (χ0v) is 19.3. The molecule has 0 spiro atoms. The van der Waals surface area contributed by atoms with E-state index < -0.39 is 18.0 Å². The molecule has 1 aliphatic heterocycles. The van der Waals surface area contributed by atoms with Crippen molar-refractivity contribution >= 4 is 51.6 Å². The fourth-order valence-electron chi connectivity index (χ4n) is 3.91. The van der Waals surface area contributed by atoms with Gasteiger partial charge in [-0.1, -0.05) is 18.6 Å². The second-order valence-corrected chi connectivity index (χ2v) is 9.86. The van der Waals surface area contributed by atoms with Gasteiger partial charge in [0, 0.05) is 9.77 Å². The molecule has 32 heavy (non-hydrogen) atoms. The molecule has 0 fully saturated rings. The first-order valence-electron chi connectivity index (χ1n) is 10.5. The molecule has 2 aromatic rings. The number of carbonyl (C=O) groups excluding carboxylic acids is 3. The van der Waals surface area contributed by atoms with Crippen LogP contribution in [0.3, 0.4) is 0 Å². The summed E-state index contributed by atoms with van der Waals surface area (Å²) in [7, 11) is 0. The second kappa shape index (κ2) is 9.76. The molecular weight excluding hydrogens is 446 g/mol. The number of rotatable bonds is 5. The first-order valence-corrected chi connectivity index (χ1v) is 12.3. The number of nitrogens with zero attached hydrogens (tertiary/aromatic N) is 2. The Morgan fingerprint density at radius 2 is 2.03 bits per heavy atom. The van der Waals surface area contributed by atoms with E-state index in [0.717, 1.165) is 47.4 Å². The number of esters is 1. The fraction of sp³-hybridized carbons (Fsp3) is 0.391. The van der Waals surface area contributed by atoms with Crippen molar-refractivity contribution in [2.75, 3.05) is 22.5 Å². The van der Waals surface area contributed by atoms with Gasteiger partial charge in [-0.25, -0.2) is 0 Å². The number of nitrogens with one attached hydrogen (secondary N) is 1. The molecule has 2 heterocycles. The first kappa shape index (κ1) is 22.4. The van der Waals surface area contributed by atoms with Crippen LogP contribution in [0, 0.1) is 11.3 Å². The van der Waals surface area contributed by atoms with Crippen molar-refractivity contribution < 1.29 is 19.1 Å². The molecule has 2 aliphatic rings. The minimum atomic E-state index is -1.06. The topological polar surface area (TPSA) is 99.5 Å². The molecule has 0 bridgehead atoms. The second-order valence-electron chi connectivity index (χ2n) is 7.74. The number of aryl methyl sites for hydroxylation is 1. The molecule has 1 unspecified atom stereocenters. The number of benzene rings is 1. The molecule has 0 saturated carbocycles. The number of thioether (sulfide) groups is 1. The molecular formula is C23H23N3O4S2. The van der Waals surface area contributed by atoms with E-state index in [1.54, 1.807) is 6.07 Å². The van der Waals surface area contributed by atoms with Gasteiger partial charge in [-0.05, 0) is 50.3 Å². The summed E-state index contributed by atoms with van der Waals surface area (Å²) < 4.78 is 5.32. The summed E-state index contributed by atoms with van der Waals surface area (Å²) >= 11 is 2.87. The van der Waals surface area contributed by atoms with Gasteiger partial charge in [0.15, 0.2) is 6.10 Å². The number of ether oxygens (including phenoxy) is 1. The Morgan fingerprint density at radius 3 is 2.84 bits per heavy atom. The average Bonchev–Trinajstić information content (AvgIpc) is 2.94. The Hall–Kier alpha value is -2.83. The molecule has 1 aromatic carbocycles. The number of hydrogen-bond donors (Lipinski definition) is 1. The number of fused-ring (bicyclic) bond motifs is 2. The smallest absolute Gasteiger partial charge is 0.326 e. The van der Waals surface area contributed by atoms with Crippen LogP contribution in [0.2, 0.25) is 0 Å². The highest BCUT2D eigenvalue weighted by atomic mass is 32.2. The number of para-hydroxylation sites is 1. The molecule has 9 heteroatoms. The highest BCUT2D eigenvalue weighted by Gasteiger charge is 2.29. The Morgan fingerprint density at radius 1 is 1.25 bits per heavy atom. The lowest BCUT2D eigenvalue weighted by Gasteiger charge is -2.28. The van der Waals surface area contributed by atoms with E-state index >= 15 is 0 Å². The maximum atomic E-state index is 12.7. The molecule has 4 rings (SSSR count). The van der Waals surface area contributed by atoms with Crippen molar-refractivity contribution in [1.29, 1.82) is 5.26 Å². The maximum absolute atomic E-state index is 12.7. The standard InChI is InChI=1S/C23H23N3O4S2/c1-14(22(29)25-23-16(11-24)15-7-3-2-4-9-18(15)32-23)30-21(28)12-26-17-8-5-6-10-19(17)31-13-20(26)27/h5-6,8,10,14H,2-4,7,9,12-13H2,1H3,(H,25,29). The third kappa shape index (κ3) is 4.66. The van der Waals surface area contributed by atoms with E-state index in [-0.39, 0.29) is 18.2 Å². The summed E-state index contributed by atoms with van der Waals surface area (Å²) in [5.41, 5.74) is 2.23. The van der Waals surface area contributed by atoms with Gasteiger partial charge >= 0.3 is 5.97 Å². The van der Waals surface area contributed by atoms with Crippen molar-refractivity contribution in [3.8, 4) is 6.07 Å². The van der Waals surface area contributed by atoms with Gasteiger partial charge in [-0.3, -0.25) is 19.3 Å². The van der Waals surface area contributed by atoms with Gasteiger partial charge in [0.2, 0.25) is 5.91 Å². The van der Waals surface area contributed by atoms with Crippen molar-refractivity contribution in [2.45, 2.75) is 50.0 Å². The minimum absolute atomic E-state index is 0.179. The maximum Gasteiger partial charge on any atom is 0.326 e. The zero-order valence-electron chi connectivity index (χ0n) is 17.7. The summed E-state index contributed by atoms with van der Waals surface area (Å²) in [6, 6.07) is 9.60. The number of anilines is 2. The molecule has 0 saturated heterocycles. The Kier molecular flexibility index (Phi) is 6.82. The van der Waals surface area contributed by atoms with E-state index in [0.29, 0.717) is 16.3 Å². The highest BCUT2D eigenvalue weighted by Crippen LogP contribution is 2.37. The first-order chi connectivity index (χ1) is 15.5. The van der Waals surface area contributed by atoms with Crippen LogP contribution in [-0.2, 0) is 32.0 Å². The summed E-state index contributed by atoms with van der Waals surface area (Å²) in [4.78, 5) is 41.0. The summed E-state index contributed by atoms with van der Waals surface area (Å²) in [5.74, 6) is -1.08. The van der Waals surface area contributed by atoms with E-state index in [1.165, 1.54) is 34.9 Å². The predicted octanol–water partition coefficient (Wildman–Crippen LogP) is 3.90. The Labute approximate surface area is 194 Å². The molecule has 166 valence electrons. The number of nitriles is 1. The van der Waals surface area contributed by atoms with Gasteiger partial charge < -0.3 is 10.1 Å². The molecule has 1 atom stereocenters. The van der Waals surface area contributed by atoms with Crippen LogP contribution in [0.4, 0.5) is 10.7 Å². The van der Waals surface area contributed by atoms with E-state index in [1.807, 2.05) is 18.2 Å². The zero-order chi connectivity index (χ0) is 22.7. The number of carbonyl (C=O) groups is 3. The summed E-state index contributed by atoms with van der Waals surface area (Å²) in [6.07, 6.45) is 3.97. The van der Waals surface area contributed by atoms with Crippen LogP contribution < -0.4 is 10.2 Å². The van der Waals surface area contributed by atoms with Crippen LogP contribution in [0.25, 0.3) is 0 Å². The minimum Gasteiger partial charge on any atom is -0.451 e. The van der Waals surface area contributed by atoms with Gasteiger partial charge in [0.25, 0.3) is 5.91 Å². The lowest BCUT2D eigenvalue weighted by molar-refractivity contribution is -0.152. The van der Waals surface area contributed by atoms with Crippen LogP contribution >= 0.6 is 23.1 Å². The Balaban J connectivity index is 1.40. The molecule has 0 radical (unpaired) electrons. The third-order valence-corrected chi connectivity index (χ3v) is 7.80. The quantitative estimate of drug-likeness (QED) is 0.527. The van der Waals surface area contributed by atoms with Crippen molar-refractivity contribution in [2.24, 2.45) is 0 Å². The fourth-order valence-corrected chi connectivity index (χ4v) is 6.09. The van der Waals surface area contributed by atoms with Crippen LogP contribution in [0.15, 0.2) is 29.2 Å². The van der Waals surface area contributed by atoms with Gasteiger partial charge in [0.05, 0.1) is 17.0 Å². The van der Waals surface area contributed by atoms with Gasteiger partial charge in [-0.15, -0.1) is 23.1 Å². The molecule has 7 nitrogen and oxygen atoms in total. The normalized spacial score (nSPS) is 16.2. The third-order valence-electron chi connectivity index (χ3n) is 5.54. The van der Waals surface area contributed by atoms with Crippen molar-refractivity contribution in [3.05, 3.63) is 40.3 Å². The lowest BCUT2D eigenvalue weighted by atomic mass is 10.1. The lowest BCUT2D eigenvalue weighted by Crippen LogP contribution is -2.41. The number of amides is 2. The van der Waals surface area contributed by atoms with Gasteiger partial charge in [0.1, 0.15) is 17.6 Å². The SMILES string of the molecule is CC(OC(=O)CN1C(=O)CSc2ccccc21)C(=O)Nc1sc2c(c1C#N)CCCCC2. The highest BCUT2D eigenvalue weighted by molar-refractivity contribution is 8.00. The van der Waals surface area contributed by atoms with Crippen molar-refractivity contribution in [1.82, 2.24) is 0 Å². The summed E-state index contributed by atoms with van der Waals surface area (Å²) in [5, 5.41) is 12.9. The largest absolute Gasteiger partial charge is 0.451 e. The van der Waals surface area contributed by atoms with E-state index in [4.69, 9.17) is 4.74 Å². The average molecular weight is 470 g/mol. The monoisotopic (exact) mass is 469 g/mol. The van der Waals surface area contributed by atoms with E-state index in [9.17, 15) is 19.6 Å². The van der Waals surface area contributed by atoms with Crippen molar-refractivity contribution in [3.63, 3.8) is 0 Å². The van der Waals surface area contributed by atoms with Crippen LogP contribution in [0.5, 0.6) is 0 Å². The number of hydrogen-bond acceptors (Lipinski definition) is 7. The number of thiophene rings is 1. The van der Waals surface area contributed by atoms with Gasteiger partial charge in [-0.2, -0.15) is 5.26 Å². The molecule has 2 amide bonds. The van der Waals surface area contributed by atoms with E-state index in [2.05, 4.69) is 11.4 Å².